The van der Waals surface area contributed by atoms with Crippen molar-refractivity contribution in [3.8, 4) is 11.3 Å². The molecule has 0 radical (unpaired) electrons. The van der Waals surface area contributed by atoms with Gasteiger partial charge in [0.1, 0.15) is 5.69 Å². The highest BCUT2D eigenvalue weighted by Gasteiger charge is 2.17. The smallest absolute Gasteiger partial charge is 0.269 e. The van der Waals surface area contributed by atoms with Gasteiger partial charge in [-0.3, -0.25) is 14.6 Å². The SMILES string of the molecule is COCc1cccc(CNC(=O)c2cc(-c3c(C)nn(C)c3C)n[nH]2)c1. The van der Waals surface area contributed by atoms with Crippen molar-refractivity contribution >= 4 is 5.91 Å². The maximum atomic E-state index is 12.4. The molecule has 0 saturated carbocycles. The molecule has 26 heavy (non-hydrogen) atoms. The molecule has 7 nitrogen and oxygen atoms in total. The molecule has 2 aromatic heterocycles. The molecule has 2 N–H and O–H groups in total. The van der Waals surface area contributed by atoms with Crippen LogP contribution in [-0.2, 0) is 24.9 Å². The topological polar surface area (TPSA) is 84.8 Å². The molecule has 0 unspecified atom stereocenters. The molecule has 0 spiro atoms. The molecule has 0 aliphatic rings. The number of methoxy groups -OCH3 is 1. The van der Waals surface area contributed by atoms with Crippen LogP contribution in [0.5, 0.6) is 0 Å². The normalized spacial score (nSPS) is 10.9. The van der Waals surface area contributed by atoms with Crippen LogP contribution in [0, 0.1) is 13.8 Å². The third-order valence-electron chi connectivity index (χ3n) is 4.34. The molecular formula is C19H23N5O2. The predicted molar refractivity (Wildman–Crippen MR) is 98.6 cm³/mol. The third kappa shape index (κ3) is 3.67. The number of nitrogens with one attached hydrogen (secondary N) is 2. The van der Waals surface area contributed by atoms with Gasteiger partial charge in [0, 0.05) is 32.0 Å². The highest BCUT2D eigenvalue weighted by molar-refractivity contribution is 5.93. The molecule has 2 heterocycles. The fourth-order valence-corrected chi connectivity index (χ4v) is 2.98. The van der Waals surface area contributed by atoms with Crippen LogP contribution in [-0.4, -0.2) is 33.0 Å². The Hall–Kier alpha value is -2.93. The van der Waals surface area contributed by atoms with Gasteiger partial charge < -0.3 is 10.1 Å². The summed E-state index contributed by atoms with van der Waals surface area (Å²) < 4.78 is 6.95. The number of ether oxygens (including phenoxy) is 1. The Labute approximate surface area is 152 Å². The molecule has 3 aromatic rings. The first-order chi connectivity index (χ1) is 12.5. The van der Waals surface area contributed by atoms with Crippen LogP contribution in [0.15, 0.2) is 30.3 Å². The second-order valence-electron chi connectivity index (χ2n) is 6.27. The number of H-pyrrole nitrogens is 1. The number of benzene rings is 1. The van der Waals surface area contributed by atoms with Crippen molar-refractivity contribution in [1.82, 2.24) is 25.3 Å². The van der Waals surface area contributed by atoms with Gasteiger partial charge in [-0.15, -0.1) is 0 Å². The number of hydrogen-bond acceptors (Lipinski definition) is 4. The van der Waals surface area contributed by atoms with Gasteiger partial charge in [0.25, 0.3) is 5.91 Å². The lowest BCUT2D eigenvalue weighted by Crippen LogP contribution is -2.23. The van der Waals surface area contributed by atoms with E-state index in [4.69, 9.17) is 4.74 Å². The fraction of sp³-hybridized carbons (Fsp3) is 0.316. The van der Waals surface area contributed by atoms with Gasteiger partial charge in [-0.2, -0.15) is 10.2 Å². The average molecular weight is 353 g/mol. The largest absolute Gasteiger partial charge is 0.380 e. The molecule has 3 rings (SSSR count). The van der Waals surface area contributed by atoms with E-state index in [1.807, 2.05) is 49.8 Å². The lowest BCUT2D eigenvalue weighted by atomic mass is 10.1. The summed E-state index contributed by atoms with van der Waals surface area (Å²) in [6.07, 6.45) is 0. The van der Waals surface area contributed by atoms with Crippen molar-refractivity contribution in [1.29, 1.82) is 0 Å². The maximum absolute atomic E-state index is 12.4. The molecule has 1 amide bonds. The Morgan fingerprint density at radius 3 is 2.73 bits per heavy atom. The monoisotopic (exact) mass is 353 g/mol. The van der Waals surface area contributed by atoms with Crippen molar-refractivity contribution in [3.05, 3.63) is 58.5 Å². The van der Waals surface area contributed by atoms with Gasteiger partial charge in [0.2, 0.25) is 0 Å². The first-order valence-corrected chi connectivity index (χ1v) is 8.40. The van der Waals surface area contributed by atoms with Crippen molar-refractivity contribution in [2.45, 2.75) is 27.0 Å². The molecule has 1 aromatic carbocycles. The van der Waals surface area contributed by atoms with E-state index in [9.17, 15) is 4.79 Å². The van der Waals surface area contributed by atoms with Gasteiger partial charge in [-0.1, -0.05) is 24.3 Å². The van der Waals surface area contributed by atoms with E-state index in [0.29, 0.717) is 18.8 Å². The second-order valence-corrected chi connectivity index (χ2v) is 6.27. The molecular weight excluding hydrogens is 330 g/mol. The van der Waals surface area contributed by atoms with Crippen molar-refractivity contribution in [3.63, 3.8) is 0 Å². The number of rotatable bonds is 6. The molecule has 0 aliphatic carbocycles. The third-order valence-corrected chi connectivity index (χ3v) is 4.34. The van der Waals surface area contributed by atoms with Gasteiger partial charge in [0.05, 0.1) is 18.0 Å². The summed E-state index contributed by atoms with van der Waals surface area (Å²) in [5, 5.41) is 14.4. The van der Waals surface area contributed by atoms with Gasteiger partial charge >= 0.3 is 0 Å². The zero-order chi connectivity index (χ0) is 18.7. The predicted octanol–water partition coefficient (Wildman–Crippen LogP) is 2.50. The van der Waals surface area contributed by atoms with Gasteiger partial charge in [-0.05, 0) is 31.0 Å². The molecule has 7 heteroatoms. The Kier molecular flexibility index (Phi) is 5.18. The van der Waals surface area contributed by atoms with E-state index in [1.54, 1.807) is 13.2 Å². The molecule has 0 fully saturated rings. The van der Waals surface area contributed by atoms with Crippen LogP contribution >= 0.6 is 0 Å². The minimum Gasteiger partial charge on any atom is -0.380 e. The number of amides is 1. The number of carbonyl (C=O) groups excluding carboxylic acids is 1. The van der Waals surface area contributed by atoms with E-state index in [0.717, 1.165) is 33.8 Å². The van der Waals surface area contributed by atoms with E-state index >= 15 is 0 Å². The van der Waals surface area contributed by atoms with Gasteiger partial charge in [0.15, 0.2) is 0 Å². The minimum atomic E-state index is -0.194. The van der Waals surface area contributed by atoms with E-state index in [2.05, 4.69) is 20.6 Å². The number of aromatic nitrogens is 4. The highest BCUT2D eigenvalue weighted by Crippen LogP contribution is 2.25. The summed E-state index contributed by atoms with van der Waals surface area (Å²) in [7, 11) is 3.56. The number of carbonyl (C=O) groups is 1. The minimum absolute atomic E-state index is 0.194. The van der Waals surface area contributed by atoms with Crippen molar-refractivity contribution in [2.75, 3.05) is 7.11 Å². The maximum Gasteiger partial charge on any atom is 0.269 e. The Bertz CT molecular complexity index is 926. The Morgan fingerprint density at radius 1 is 1.27 bits per heavy atom. The number of aromatic amines is 1. The standard InChI is InChI=1S/C19H23N5O2/c1-12-18(13(2)24(3)23-12)16-9-17(22-21-16)19(25)20-10-14-6-5-7-15(8-14)11-26-4/h5-9H,10-11H2,1-4H3,(H,20,25)(H,21,22). The zero-order valence-electron chi connectivity index (χ0n) is 15.5. The van der Waals surface area contributed by atoms with E-state index in [-0.39, 0.29) is 5.91 Å². The first kappa shape index (κ1) is 17.9. The average Bonchev–Trinajstić information content (AvgIpc) is 3.18. The lowest BCUT2D eigenvalue weighted by molar-refractivity contribution is 0.0946. The number of hydrogen-bond donors (Lipinski definition) is 2. The molecule has 0 aliphatic heterocycles. The van der Waals surface area contributed by atoms with Crippen molar-refractivity contribution in [2.24, 2.45) is 7.05 Å². The molecule has 0 saturated heterocycles. The summed E-state index contributed by atoms with van der Waals surface area (Å²) in [6, 6.07) is 9.70. The van der Waals surface area contributed by atoms with E-state index in [1.165, 1.54) is 0 Å². The van der Waals surface area contributed by atoms with Crippen LogP contribution in [0.4, 0.5) is 0 Å². The van der Waals surface area contributed by atoms with Crippen LogP contribution in [0.25, 0.3) is 11.3 Å². The van der Waals surface area contributed by atoms with Crippen molar-refractivity contribution < 1.29 is 9.53 Å². The Morgan fingerprint density at radius 2 is 2.04 bits per heavy atom. The highest BCUT2D eigenvalue weighted by atomic mass is 16.5. The van der Waals surface area contributed by atoms with E-state index < -0.39 is 0 Å². The van der Waals surface area contributed by atoms with Crippen LogP contribution in [0.3, 0.4) is 0 Å². The Balaban J connectivity index is 1.70. The number of aryl methyl sites for hydroxylation is 2. The summed E-state index contributed by atoms with van der Waals surface area (Å²) in [5.74, 6) is -0.194. The lowest BCUT2D eigenvalue weighted by Gasteiger charge is -2.06. The first-order valence-electron chi connectivity index (χ1n) is 8.40. The van der Waals surface area contributed by atoms with Crippen LogP contribution in [0.1, 0.15) is 33.0 Å². The zero-order valence-corrected chi connectivity index (χ0v) is 15.5. The second kappa shape index (κ2) is 7.53. The summed E-state index contributed by atoms with van der Waals surface area (Å²) in [4.78, 5) is 12.4. The van der Waals surface area contributed by atoms with Crippen LogP contribution < -0.4 is 5.32 Å². The fourth-order valence-electron chi connectivity index (χ4n) is 2.98. The summed E-state index contributed by atoms with van der Waals surface area (Å²) in [5.41, 5.74) is 6.10. The molecule has 0 bridgehead atoms. The number of nitrogens with zero attached hydrogens (tertiary/aromatic N) is 3. The summed E-state index contributed by atoms with van der Waals surface area (Å²) in [6.45, 7) is 4.91. The quantitative estimate of drug-likeness (QED) is 0.713. The molecule has 0 atom stereocenters. The summed E-state index contributed by atoms with van der Waals surface area (Å²) >= 11 is 0. The van der Waals surface area contributed by atoms with Gasteiger partial charge in [-0.25, -0.2) is 0 Å². The molecule has 136 valence electrons. The van der Waals surface area contributed by atoms with Crippen LogP contribution in [0.2, 0.25) is 0 Å².